The summed E-state index contributed by atoms with van der Waals surface area (Å²) in [6.07, 6.45) is 0. The van der Waals surface area contributed by atoms with Gasteiger partial charge in [-0.2, -0.15) is 5.26 Å². The van der Waals surface area contributed by atoms with Gasteiger partial charge >= 0.3 is 0 Å². The lowest BCUT2D eigenvalue weighted by atomic mass is 9.93. The van der Waals surface area contributed by atoms with E-state index in [1.165, 1.54) is 0 Å². The van der Waals surface area contributed by atoms with E-state index in [1.807, 2.05) is 37.3 Å². The van der Waals surface area contributed by atoms with E-state index in [-0.39, 0.29) is 5.92 Å². The number of hydrogen-bond donors (Lipinski definition) is 0. The van der Waals surface area contributed by atoms with Crippen LogP contribution < -0.4 is 0 Å². The Morgan fingerprint density at radius 2 is 1.87 bits per heavy atom. The molecule has 1 aromatic rings. The van der Waals surface area contributed by atoms with E-state index in [2.05, 4.69) is 6.07 Å². The molecule has 3 nitrogen and oxygen atoms in total. The molecule has 3 heteroatoms. The molecule has 0 bridgehead atoms. The summed E-state index contributed by atoms with van der Waals surface area (Å²) in [5, 5.41) is 9.20. The van der Waals surface area contributed by atoms with Crippen molar-refractivity contribution in [2.45, 2.75) is 18.6 Å². The second-order valence-electron chi connectivity index (χ2n) is 3.69. The van der Waals surface area contributed by atoms with Gasteiger partial charge in [0.15, 0.2) is 5.79 Å². The van der Waals surface area contributed by atoms with Gasteiger partial charge in [0.05, 0.1) is 19.3 Å². The highest BCUT2D eigenvalue weighted by atomic mass is 16.7. The third kappa shape index (κ3) is 1.87. The van der Waals surface area contributed by atoms with Crippen molar-refractivity contribution in [2.24, 2.45) is 0 Å². The van der Waals surface area contributed by atoms with E-state index < -0.39 is 5.79 Å². The van der Waals surface area contributed by atoms with Gasteiger partial charge in [0, 0.05) is 0 Å². The van der Waals surface area contributed by atoms with Gasteiger partial charge in [-0.25, -0.2) is 0 Å². The normalized spacial score (nSPS) is 20.8. The molecule has 1 aliphatic rings. The molecule has 1 aromatic carbocycles. The Balaban J connectivity index is 2.29. The van der Waals surface area contributed by atoms with Crippen molar-refractivity contribution in [3.63, 3.8) is 0 Å². The molecule has 0 N–H and O–H groups in total. The fourth-order valence-electron chi connectivity index (χ4n) is 1.84. The molecule has 0 spiro atoms. The topological polar surface area (TPSA) is 42.2 Å². The molecule has 78 valence electrons. The van der Waals surface area contributed by atoms with Crippen LogP contribution in [0.15, 0.2) is 30.3 Å². The van der Waals surface area contributed by atoms with Crippen LogP contribution in [0.5, 0.6) is 0 Å². The summed E-state index contributed by atoms with van der Waals surface area (Å²) in [6.45, 7) is 2.93. The average molecular weight is 203 g/mol. The summed E-state index contributed by atoms with van der Waals surface area (Å²) in [6, 6.07) is 11.8. The summed E-state index contributed by atoms with van der Waals surface area (Å²) in [5.74, 6) is -1.17. The van der Waals surface area contributed by atoms with Crippen LogP contribution in [0.25, 0.3) is 0 Å². The Kier molecular flexibility index (Phi) is 2.72. The van der Waals surface area contributed by atoms with Crippen LogP contribution in [0.4, 0.5) is 0 Å². The van der Waals surface area contributed by atoms with E-state index >= 15 is 0 Å². The van der Waals surface area contributed by atoms with Gasteiger partial charge in [-0.3, -0.25) is 0 Å². The van der Waals surface area contributed by atoms with Crippen LogP contribution in [0.3, 0.4) is 0 Å². The van der Waals surface area contributed by atoms with Crippen LogP contribution in [-0.2, 0) is 9.47 Å². The van der Waals surface area contributed by atoms with Gasteiger partial charge in [0.2, 0.25) is 0 Å². The van der Waals surface area contributed by atoms with E-state index in [0.717, 1.165) is 5.56 Å². The molecule has 1 fully saturated rings. The first-order chi connectivity index (χ1) is 7.26. The second kappa shape index (κ2) is 4.01. The van der Waals surface area contributed by atoms with Crippen LogP contribution in [0.1, 0.15) is 18.4 Å². The fourth-order valence-corrected chi connectivity index (χ4v) is 1.84. The zero-order chi connectivity index (χ0) is 10.7. The standard InChI is InChI=1S/C12H13NO2/c1-12(14-7-8-15-12)11(9-13)10-5-3-2-4-6-10/h2-6,11H,7-8H2,1H3. The molecular formula is C12H13NO2. The summed E-state index contributed by atoms with van der Waals surface area (Å²) >= 11 is 0. The van der Waals surface area contributed by atoms with Gasteiger partial charge in [-0.1, -0.05) is 30.3 Å². The Bertz CT molecular complexity index is 363. The first-order valence-corrected chi connectivity index (χ1v) is 4.99. The highest BCUT2D eigenvalue weighted by Gasteiger charge is 2.41. The van der Waals surface area contributed by atoms with Gasteiger partial charge in [0.25, 0.3) is 0 Å². The molecule has 0 aromatic heterocycles. The molecule has 0 radical (unpaired) electrons. The van der Waals surface area contributed by atoms with Gasteiger partial charge < -0.3 is 9.47 Å². The maximum absolute atomic E-state index is 9.20. The predicted molar refractivity (Wildman–Crippen MR) is 55.1 cm³/mol. The molecule has 1 heterocycles. The Morgan fingerprint density at radius 3 is 2.40 bits per heavy atom. The van der Waals surface area contributed by atoms with Crippen LogP contribution in [-0.4, -0.2) is 19.0 Å². The molecule has 1 aliphatic heterocycles. The lowest BCUT2D eigenvalue weighted by Gasteiger charge is -2.27. The zero-order valence-electron chi connectivity index (χ0n) is 8.64. The number of ether oxygens (including phenoxy) is 2. The SMILES string of the molecule is CC1(C(C#N)c2ccccc2)OCCO1. The monoisotopic (exact) mass is 203 g/mol. The minimum Gasteiger partial charge on any atom is -0.346 e. The van der Waals surface area contributed by atoms with Crippen LogP contribution in [0, 0.1) is 11.3 Å². The summed E-state index contributed by atoms with van der Waals surface area (Å²) in [4.78, 5) is 0. The van der Waals surface area contributed by atoms with Crippen molar-refractivity contribution in [1.29, 1.82) is 5.26 Å². The van der Waals surface area contributed by atoms with Crippen molar-refractivity contribution in [3.8, 4) is 6.07 Å². The smallest absolute Gasteiger partial charge is 0.185 e. The molecule has 1 unspecified atom stereocenters. The van der Waals surface area contributed by atoms with Crippen molar-refractivity contribution in [1.82, 2.24) is 0 Å². The summed E-state index contributed by atoms with van der Waals surface area (Å²) in [5.41, 5.74) is 0.935. The number of nitriles is 1. The third-order valence-corrected chi connectivity index (χ3v) is 2.65. The fraction of sp³-hybridized carbons (Fsp3) is 0.417. The molecular weight excluding hydrogens is 190 g/mol. The Morgan fingerprint density at radius 1 is 1.27 bits per heavy atom. The highest BCUT2D eigenvalue weighted by Crippen LogP contribution is 2.34. The first kappa shape index (κ1) is 10.2. The van der Waals surface area contributed by atoms with E-state index in [4.69, 9.17) is 9.47 Å². The third-order valence-electron chi connectivity index (χ3n) is 2.65. The highest BCUT2D eigenvalue weighted by molar-refractivity contribution is 5.27. The molecule has 0 aliphatic carbocycles. The maximum Gasteiger partial charge on any atom is 0.185 e. The Hall–Kier alpha value is -1.37. The number of nitrogens with zero attached hydrogens (tertiary/aromatic N) is 1. The van der Waals surface area contributed by atoms with Gasteiger partial charge in [-0.15, -0.1) is 0 Å². The van der Waals surface area contributed by atoms with Crippen LogP contribution in [0.2, 0.25) is 0 Å². The minimum atomic E-state index is -0.796. The largest absolute Gasteiger partial charge is 0.346 e. The van der Waals surface area contributed by atoms with Crippen LogP contribution >= 0.6 is 0 Å². The molecule has 1 atom stereocenters. The molecule has 0 saturated carbocycles. The van der Waals surface area contributed by atoms with Crippen molar-refractivity contribution in [2.75, 3.05) is 13.2 Å². The number of rotatable bonds is 2. The van der Waals surface area contributed by atoms with E-state index in [0.29, 0.717) is 13.2 Å². The van der Waals surface area contributed by atoms with Gasteiger partial charge in [0.1, 0.15) is 5.92 Å². The number of hydrogen-bond acceptors (Lipinski definition) is 3. The Labute approximate surface area is 89.2 Å². The second-order valence-corrected chi connectivity index (χ2v) is 3.69. The van der Waals surface area contributed by atoms with Crippen molar-refractivity contribution < 1.29 is 9.47 Å². The molecule has 2 rings (SSSR count). The summed E-state index contributed by atoms with van der Waals surface area (Å²) in [7, 11) is 0. The van der Waals surface area contributed by atoms with Crippen molar-refractivity contribution >= 4 is 0 Å². The number of benzene rings is 1. The summed E-state index contributed by atoms with van der Waals surface area (Å²) < 4.78 is 11.0. The van der Waals surface area contributed by atoms with Gasteiger partial charge in [-0.05, 0) is 12.5 Å². The van der Waals surface area contributed by atoms with E-state index in [9.17, 15) is 5.26 Å². The van der Waals surface area contributed by atoms with Crippen molar-refractivity contribution in [3.05, 3.63) is 35.9 Å². The van der Waals surface area contributed by atoms with E-state index in [1.54, 1.807) is 0 Å². The lowest BCUT2D eigenvalue weighted by Crippen LogP contribution is -2.33. The first-order valence-electron chi connectivity index (χ1n) is 4.99. The lowest BCUT2D eigenvalue weighted by molar-refractivity contribution is -0.149. The molecule has 15 heavy (non-hydrogen) atoms. The minimum absolute atomic E-state index is 0.374. The molecule has 1 saturated heterocycles. The average Bonchev–Trinajstić information content (AvgIpc) is 2.68. The maximum atomic E-state index is 9.20. The molecule has 0 amide bonds. The zero-order valence-corrected chi connectivity index (χ0v) is 8.64. The predicted octanol–water partition coefficient (Wildman–Crippen LogP) is 2.06. The quantitative estimate of drug-likeness (QED) is 0.738.